The van der Waals surface area contributed by atoms with E-state index in [1.807, 2.05) is 19.9 Å². The largest absolute Gasteiger partial charge is 0.264 e. The Morgan fingerprint density at radius 3 is 2.61 bits per heavy atom. The van der Waals surface area contributed by atoms with Crippen molar-refractivity contribution in [3.05, 3.63) is 64.7 Å². The fourth-order valence-corrected chi connectivity index (χ4v) is 3.91. The number of nitrogens with zero attached hydrogens (tertiary/aromatic N) is 1. The second-order valence-electron chi connectivity index (χ2n) is 5.62. The maximum Gasteiger partial charge on any atom is 0.216 e. The van der Waals surface area contributed by atoms with Gasteiger partial charge >= 0.3 is 0 Å². The van der Waals surface area contributed by atoms with Crippen LogP contribution in [0.5, 0.6) is 0 Å². The van der Waals surface area contributed by atoms with Gasteiger partial charge in [0, 0.05) is 23.0 Å². The molecule has 2 aromatic rings. The summed E-state index contributed by atoms with van der Waals surface area (Å²) in [6.07, 6.45) is 3.24. The summed E-state index contributed by atoms with van der Waals surface area (Å²) in [5.41, 5.74) is 0.846. The molecule has 2 rings (SSSR count). The van der Waals surface area contributed by atoms with Crippen molar-refractivity contribution >= 4 is 21.6 Å². The zero-order valence-electron chi connectivity index (χ0n) is 12.8. The lowest BCUT2D eigenvalue weighted by molar-refractivity contribution is 0.461. The summed E-state index contributed by atoms with van der Waals surface area (Å²) in [6.45, 7) is 3.81. The predicted molar refractivity (Wildman–Crippen MR) is 89.0 cm³/mol. The summed E-state index contributed by atoms with van der Waals surface area (Å²) in [7, 11) is -3.72. The lowest BCUT2D eigenvalue weighted by atomic mass is 9.99. The Bertz CT molecular complexity index is 767. The Kier molecular flexibility index (Phi) is 5.73. The molecule has 0 spiro atoms. The molecule has 7 heteroatoms. The number of hydrogen-bond acceptors (Lipinski definition) is 3. The van der Waals surface area contributed by atoms with Crippen molar-refractivity contribution in [2.24, 2.45) is 5.92 Å². The molecule has 0 aliphatic carbocycles. The first kappa shape index (κ1) is 17.8. The Labute approximate surface area is 140 Å². The van der Waals surface area contributed by atoms with E-state index in [4.69, 9.17) is 11.6 Å². The lowest BCUT2D eigenvalue weighted by Crippen LogP contribution is -2.33. The fourth-order valence-electron chi connectivity index (χ4n) is 2.23. The van der Waals surface area contributed by atoms with Crippen molar-refractivity contribution in [2.45, 2.75) is 25.6 Å². The van der Waals surface area contributed by atoms with Gasteiger partial charge < -0.3 is 0 Å². The van der Waals surface area contributed by atoms with Crippen LogP contribution < -0.4 is 4.72 Å². The fraction of sp³-hybridized carbons (Fsp3) is 0.312. The minimum atomic E-state index is -3.72. The quantitative estimate of drug-likeness (QED) is 0.858. The highest BCUT2D eigenvalue weighted by Gasteiger charge is 2.23. The van der Waals surface area contributed by atoms with Crippen LogP contribution in [-0.4, -0.2) is 13.4 Å². The number of aromatic nitrogens is 1. The van der Waals surface area contributed by atoms with Crippen LogP contribution in [0.1, 0.15) is 31.0 Å². The third-order valence-electron chi connectivity index (χ3n) is 3.38. The summed E-state index contributed by atoms with van der Waals surface area (Å²) in [5.74, 6) is -1.06. The Balaban J connectivity index is 2.21. The highest BCUT2D eigenvalue weighted by atomic mass is 35.5. The number of benzene rings is 1. The maximum atomic E-state index is 13.8. The topological polar surface area (TPSA) is 59.1 Å². The first-order valence-electron chi connectivity index (χ1n) is 7.12. The van der Waals surface area contributed by atoms with Gasteiger partial charge in [0.1, 0.15) is 5.82 Å². The van der Waals surface area contributed by atoms with Gasteiger partial charge in [-0.1, -0.05) is 37.6 Å². The minimum Gasteiger partial charge on any atom is -0.264 e. The van der Waals surface area contributed by atoms with Crippen LogP contribution in [0, 0.1) is 11.7 Å². The molecule has 0 saturated carbocycles. The number of sulfonamides is 1. The molecule has 0 bridgehead atoms. The normalized spacial score (nSPS) is 13.3. The summed E-state index contributed by atoms with van der Waals surface area (Å²) in [4.78, 5) is 4.02. The van der Waals surface area contributed by atoms with Crippen LogP contribution in [0.25, 0.3) is 0 Å². The average Bonchev–Trinajstić information content (AvgIpc) is 2.48. The van der Waals surface area contributed by atoms with E-state index in [2.05, 4.69) is 9.71 Å². The molecule has 0 radical (unpaired) electrons. The first-order valence-corrected chi connectivity index (χ1v) is 9.15. The summed E-state index contributed by atoms with van der Waals surface area (Å²) >= 11 is 5.68. The minimum absolute atomic E-state index is 0.0176. The summed E-state index contributed by atoms with van der Waals surface area (Å²) in [5, 5.41) is 0.229. The molecule has 1 heterocycles. The van der Waals surface area contributed by atoms with Crippen molar-refractivity contribution in [3.63, 3.8) is 0 Å². The van der Waals surface area contributed by atoms with Crippen molar-refractivity contribution in [1.82, 2.24) is 9.71 Å². The van der Waals surface area contributed by atoms with Crippen LogP contribution in [-0.2, 0) is 15.8 Å². The smallest absolute Gasteiger partial charge is 0.216 e. The molecule has 0 fully saturated rings. The lowest BCUT2D eigenvalue weighted by Gasteiger charge is -2.22. The van der Waals surface area contributed by atoms with Crippen LogP contribution >= 0.6 is 11.6 Å². The van der Waals surface area contributed by atoms with Crippen LogP contribution in [0.2, 0.25) is 5.02 Å². The molecule has 0 saturated heterocycles. The zero-order valence-corrected chi connectivity index (χ0v) is 14.4. The van der Waals surface area contributed by atoms with E-state index in [1.54, 1.807) is 18.5 Å². The molecule has 23 heavy (non-hydrogen) atoms. The number of nitrogens with one attached hydrogen (secondary N) is 1. The highest BCUT2D eigenvalue weighted by molar-refractivity contribution is 7.88. The van der Waals surface area contributed by atoms with Gasteiger partial charge in [-0.2, -0.15) is 0 Å². The van der Waals surface area contributed by atoms with Crippen molar-refractivity contribution in [2.75, 3.05) is 0 Å². The van der Waals surface area contributed by atoms with E-state index in [-0.39, 0.29) is 16.5 Å². The van der Waals surface area contributed by atoms with Crippen molar-refractivity contribution < 1.29 is 12.8 Å². The third kappa shape index (κ3) is 4.99. The van der Waals surface area contributed by atoms with Gasteiger partial charge in [-0.25, -0.2) is 17.5 Å². The van der Waals surface area contributed by atoms with E-state index in [0.717, 1.165) is 11.6 Å². The number of hydrogen-bond donors (Lipinski definition) is 1. The molecule has 1 unspecified atom stereocenters. The molecule has 1 aromatic carbocycles. The van der Waals surface area contributed by atoms with E-state index in [9.17, 15) is 12.8 Å². The zero-order chi connectivity index (χ0) is 17.0. The van der Waals surface area contributed by atoms with E-state index < -0.39 is 27.6 Å². The third-order valence-corrected chi connectivity index (χ3v) is 4.92. The molecular formula is C16H18ClFN2O2S. The van der Waals surface area contributed by atoms with Gasteiger partial charge in [-0.3, -0.25) is 4.98 Å². The molecule has 1 aromatic heterocycles. The van der Waals surface area contributed by atoms with Gasteiger partial charge in [-0.05, 0) is 29.7 Å². The van der Waals surface area contributed by atoms with Crippen molar-refractivity contribution in [1.29, 1.82) is 0 Å². The summed E-state index contributed by atoms with van der Waals surface area (Å²) in [6, 6.07) is 7.08. The van der Waals surface area contributed by atoms with Crippen LogP contribution in [0.4, 0.5) is 4.39 Å². The van der Waals surface area contributed by atoms with Gasteiger partial charge in [-0.15, -0.1) is 0 Å². The Hall–Kier alpha value is -1.50. The van der Waals surface area contributed by atoms with E-state index in [0.29, 0.717) is 0 Å². The van der Waals surface area contributed by atoms with Crippen molar-refractivity contribution in [3.8, 4) is 0 Å². The van der Waals surface area contributed by atoms with E-state index >= 15 is 0 Å². The number of pyridine rings is 1. The van der Waals surface area contributed by atoms with Crippen LogP contribution in [0.3, 0.4) is 0 Å². The van der Waals surface area contributed by atoms with Gasteiger partial charge in [0.2, 0.25) is 10.0 Å². The number of halogens is 2. The monoisotopic (exact) mass is 356 g/mol. The molecule has 124 valence electrons. The molecule has 1 N–H and O–H groups in total. The van der Waals surface area contributed by atoms with Gasteiger partial charge in [0.05, 0.1) is 11.8 Å². The molecule has 0 aliphatic rings. The Morgan fingerprint density at radius 1 is 1.30 bits per heavy atom. The SMILES string of the molecule is CC(C)C(NS(=O)(=O)Cc1ccc(Cl)cc1F)c1cccnc1. The maximum absolute atomic E-state index is 13.8. The molecule has 1 atom stereocenters. The van der Waals surface area contributed by atoms with Gasteiger partial charge in [0.15, 0.2) is 0 Å². The second kappa shape index (κ2) is 7.38. The standard InChI is InChI=1S/C16H18ClFN2O2S/c1-11(2)16(12-4-3-7-19-9-12)20-23(21,22)10-13-5-6-14(17)8-15(13)18/h3-9,11,16,20H,10H2,1-2H3. The molecule has 0 aliphatic heterocycles. The predicted octanol–water partition coefficient (Wildman–Crippen LogP) is 3.69. The van der Waals surface area contributed by atoms with Crippen LogP contribution in [0.15, 0.2) is 42.7 Å². The second-order valence-corrected chi connectivity index (χ2v) is 7.81. The Morgan fingerprint density at radius 2 is 2.04 bits per heavy atom. The first-order chi connectivity index (χ1) is 10.8. The highest BCUT2D eigenvalue weighted by Crippen LogP contribution is 2.23. The molecule has 4 nitrogen and oxygen atoms in total. The summed E-state index contributed by atoms with van der Waals surface area (Å²) < 4.78 is 41.2. The van der Waals surface area contributed by atoms with Gasteiger partial charge in [0.25, 0.3) is 0 Å². The molecule has 0 amide bonds. The number of rotatable bonds is 6. The van der Waals surface area contributed by atoms with E-state index in [1.165, 1.54) is 12.1 Å². The molecular weight excluding hydrogens is 339 g/mol. The average molecular weight is 357 g/mol.